The van der Waals surface area contributed by atoms with Crippen LogP contribution in [0.1, 0.15) is 37.8 Å². The zero-order valence-electron chi connectivity index (χ0n) is 18.0. The number of benzene rings is 1. The van der Waals surface area contributed by atoms with Crippen molar-refractivity contribution >= 4 is 17.6 Å². The molecule has 164 valence electrons. The summed E-state index contributed by atoms with van der Waals surface area (Å²) < 4.78 is 8.64. The van der Waals surface area contributed by atoms with Crippen molar-refractivity contribution < 1.29 is 14.3 Å². The van der Waals surface area contributed by atoms with E-state index < -0.39 is 5.91 Å². The van der Waals surface area contributed by atoms with Crippen molar-refractivity contribution in [3.05, 3.63) is 46.4 Å². The summed E-state index contributed by atoms with van der Waals surface area (Å²) in [7, 11) is 1.77. The molecule has 1 aromatic heterocycles. The van der Waals surface area contributed by atoms with E-state index in [4.69, 9.17) is 4.74 Å². The molecular weight excluding hydrogens is 394 g/mol. The van der Waals surface area contributed by atoms with Crippen LogP contribution in [-0.4, -0.2) is 27.8 Å². The Morgan fingerprint density at radius 1 is 1.03 bits per heavy atom. The van der Waals surface area contributed by atoms with Crippen molar-refractivity contribution in [2.45, 2.75) is 39.0 Å². The molecule has 2 aromatic rings. The second-order valence-electron chi connectivity index (χ2n) is 9.55. The van der Waals surface area contributed by atoms with E-state index in [-0.39, 0.29) is 29.7 Å². The molecule has 1 N–H and O–H groups in total. The van der Waals surface area contributed by atoms with Crippen molar-refractivity contribution in [3.8, 4) is 5.69 Å². The maximum Gasteiger partial charge on any atom is 0.310 e. The monoisotopic (exact) mass is 423 g/mol. The molecule has 0 radical (unpaired) electrons. The highest BCUT2D eigenvalue weighted by Crippen LogP contribution is 2.56. The first-order chi connectivity index (χ1) is 14.9. The first kappa shape index (κ1) is 20.1. The first-order valence-electron chi connectivity index (χ1n) is 11.2. The lowest BCUT2D eigenvalue weighted by molar-refractivity contribution is -0.164. The number of nitrogens with one attached hydrogen (secondary N) is 1. The van der Waals surface area contributed by atoms with E-state index in [0.717, 1.165) is 37.5 Å². The first-order valence-corrected chi connectivity index (χ1v) is 11.2. The molecule has 0 unspecified atom stereocenters. The van der Waals surface area contributed by atoms with Crippen molar-refractivity contribution in [3.63, 3.8) is 0 Å². The summed E-state index contributed by atoms with van der Waals surface area (Å²) >= 11 is 0. The molecule has 1 aromatic carbocycles. The van der Waals surface area contributed by atoms with Crippen molar-refractivity contribution in [1.82, 2.24) is 9.36 Å². The molecule has 4 aliphatic rings. The number of esters is 1. The van der Waals surface area contributed by atoms with E-state index in [1.807, 2.05) is 30.3 Å². The molecule has 4 fully saturated rings. The number of aromatic nitrogens is 2. The van der Waals surface area contributed by atoms with Crippen LogP contribution >= 0.6 is 0 Å². The van der Waals surface area contributed by atoms with Crippen LogP contribution < -0.4 is 10.9 Å². The van der Waals surface area contributed by atoms with E-state index in [0.29, 0.717) is 23.2 Å². The largest absolute Gasteiger partial charge is 0.455 e. The predicted octanol–water partition coefficient (Wildman–Crippen LogP) is 3.04. The van der Waals surface area contributed by atoms with E-state index in [9.17, 15) is 14.4 Å². The summed E-state index contributed by atoms with van der Waals surface area (Å²) in [4.78, 5) is 38.2. The van der Waals surface area contributed by atoms with E-state index in [2.05, 4.69) is 5.32 Å². The Kier molecular flexibility index (Phi) is 4.99. The molecule has 1 heterocycles. The minimum Gasteiger partial charge on any atom is -0.455 e. The van der Waals surface area contributed by atoms with Gasteiger partial charge in [0.25, 0.3) is 11.5 Å². The smallest absolute Gasteiger partial charge is 0.310 e. The number of carbonyl (C=O) groups is 2. The fraction of sp³-hybridized carbons (Fsp3) is 0.542. The Balaban J connectivity index is 1.24. The van der Waals surface area contributed by atoms with Crippen LogP contribution in [0.25, 0.3) is 5.69 Å². The molecule has 6 rings (SSSR count). The van der Waals surface area contributed by atoms with E-state index in [1.165, 1.54) is 11.1 Å². The van der Waals surface area contributed by atoms with Gasteiger partial charge in [0, 0.05) is 7.05 Å². The number of hydrogen-bond acceptors (Lipinski definition) is 4. The van der Waals surface area contributed by atoms with Crippen molar-refractivity contribution in [2.24, 2.45) is 36.6 Å². The molecule has 4 aliphatic carbocycles. The SMILES string of the molecule is Cc1c(NC(=O)COC(=O)C2C3CC4CC(C3)CC2C4)c(=O)n(-c2ccccc2)n1C. The Labute approximate surface area is 181 Å². The average molecular weight is 424 g/mol. The fourth-order valence-corrected chi connectivity index (χ4v) is 6.43. The Morgan fingerprint density at radius 2 is 1.65 bits per heavy atom. The van der Waals surface area contributed by atoms with Gasteiger partial charge in [0.1, 0.15) is 5.69 Å². The lowest BCUT2D eigenvalue weighted by Crippen LogP contribution is -2.48. The van der Waals surface area contributed by atoms with Crippen LogP contribution in [0.5, 0.6) is 0 Å². The zero-order chi connectivity index (χ0) is 21.7. The van der Waals surface area contributed by atoms with Gasteiger partial charge in [-0.05, 0) is 74.8 Å². The summed E-state index contributed by atoms with van der Waals surface area (Å²) in [6, 6.07) is 9.25. The number of nitrogens with zero attached hydrogens (tertiary/aromatic N) is 2. The molecule has 4 bridgehead atoms. The number of anilines is 1. The number of para-hydroxylation sites is 1. The van der Waals surface area contributed by atoms with Gasteiger partial charge >= 0.3 is 5.97 Å². The van der Waals surface area contributed by atoms with Crippen molar-refractivity contribution in [2.75, 3.05) is 11.9 Å². The third kappa shape index (κ3) is 3.50. The lowest BCUT2D eigenvalue weighted by Gasteiger charge is -2.53. The van der Waals surface area contributed by atoms with Gasteiger partial charge in [-0.2, -0.15) is 0 Å². The van der Waals surface area contributed by atoms with Crippen LogP contribution in [0.3, 0.4) is 0 Å². The second kappa shape index (κ2) is 7.70. The maximum absolute atomic E-state index is 12.9. The minimum atomic E-state index is -0.483. The van der Waals surface area contributed by atoms with E-state index >= 15 is 0 Å². The quantitative estimate of drug-likeness (QED) is 0.750. The second-order valence-corrected chi connectivity index (χ2v) is 9.55. The molecule has 4 saturated carbocycles. The van der Waals surface area contributed by atoms with E-state index in [1.54, 1.807) is 18.7 Å². The highest BCUT2D eigenvalue weighted by molar-refractivity contribution is 5.93. The van der Waals surface area contributed by atoms with Gasteiger partial charge in [-0.1, -0.05) is 18.2 Å². The van der Waals surface area contributed by atoms with Gasteiger partial charge in [-0.3, -0.25) is 19.1 Å². The molecule has 0 spiro atoms. The standard InChI is InChI=1S/C24H29N3O4/c1-14-22(23(29)27(26(14)2)19-6-4-3-5-7-19)25-20(28)13-31-24(30)21-17-9-15-8-16(11-17)12-18(21)10-15/h3-7,15-18,21H,8-13H2,1-2H3,(H,25,28). The van der Waals surface area contributed by atoms with Gasteiger partial charge in [-0.15, -0.1) is 0 Å². The van der Waals surface area contributed by atoms with Crippen LogP contribution in [0.15, 0.2) is 35.1 Å². The topological polar surface area (TPSA) is 82.3 Å². The third-order valence-electron chi connectivity index (χ3n) is 7.66. The maximum atomic E-state index is 12.9. The molecule has 0 aliphatic heterocycles. The summed E-state index contributed by atoms with van der Waals surface area (Å²) in [5.41, 5.74) is 1.25. The van der Waals surface area contributed by atoms with Crippen LogP contribution in [-0.2, 0) is 21.4 Å². The highest BCUT2D eigenvalue weighted by Gasteiger charge is 2.51. The number of carbonyl (C=O) groups excluding carboxylic acids is 2. The number of amides is 1. The zero-order valence-corrected chi connectivity index (χ0v) is 18.0. The number of hydrogen-bond donors (Lipinski definition) is 1. The lowest BCUT2D eigenvalue weighted by atomic mass is 9.52. The molecular formula is C24H29N3O4. The van der Waals surface area contributed by atoms with Crippen LogP contribution in [0.2, 0.25) is 0 Å². The van der Waals surface area contributed by atoms with Crippen LogP contribution in [0.4, 0.5) is 5.69 Å². The summed E-state index contributed by atoms with van der Waals surface area (Å²) in [6.45, 7) is 1.41. The minimum absolute atomic E-state index is 0.0608. The summed E-state index contributed by atoms with van der Waals surface area (Å²) in [6.07, 6.45) is 5.83. The Morgan fingerprint density at radius 3 is 2.26 bits per heavy atom. The molecule has 0 atom stereocenters. The predicted molar refractivity (Wildman–Crippen MR) is 116 cm³/mol. The Hall–Kier alpha value is -2.83. The highest BCUT2D eigenvalue weighted by atomic mass is 16.5. The summed E-state index contributed by atoms with van der Waals surface area (Å²) in [5.74, 6) is 1.61. The number of ether oxygens (including phenoxy) is 1. The molecule has 0 saturated heterocycles. The van der Waals surface area contributed by atoms with Gasteiger partial charge < -0.3 is 10.1 Å². The molecule has 7 nitrogen and oxygen atoms in total. The third-order valence-corrected chi connectivity index (χ3v) is 7.66. The van der Waals surface area contributed by atoms with Crippen molar-refractivity contribution in [1.29, 1.82) is 0 Å². The van der Waals surface area contributed by atoms with Gasteiger partial charge in [0.05, 0.1) is 17.3 Å². The van der Waals surface area contributed by atoms with Gasteiger partial charge in [-0.25, -0.2) is 4.68 Å². The Bertz CT molecular complexity index is 1040. The van der Waals surface area contributed by atoms with Crippen LogP contribution in [0, 0.1) is 36.5 Å². The average Bonchev–Trinajstić information content (AvgIpc) is 2.95. The molecule has 1 amide bonds. The molecule has 31 heavy (non-hydrogen) atoms. The normalized spacial score (nSPS) is 28.5. The number of rotatable bonds is 5. The van der Waals surface area contributed by atoms with Gasteiger partial charge in [0.2, 0.25) is 0 Å². The summed E-state index contributed by atoms with van der Waals surface area (Å²) in [5, 5.41) is 2.66. The van der Waals surface area contributed by atoms with Gasteiger partial charge in [0.15, 0.2) is 6.61 Å². The molecule has 7 heteroatoms. The fourth-order valence-electron chi connectivity index (χ4n) is 6.43.